The zero-order valence-corrected chi connectivity index (χ0v) is 20.5. The van der Waals surface area contributed by atoms with Gasteiger partial charge in [0.05, 0.1) is 17.6 Å². The van der Waals surface area contributed by atoms with E-state index >= 15 is 0 Å². The second kappa shape index (κ2) is 7.25. The predicted octanol–water partition coefficient (Wildman–Crippen LogP) is 5.61. The van der Waals surface area contributed by atoms with Crippen molar-refractivity contribution in [1.29, 1.82) is 0 Å². The van der Waals surface area contributed by atoms with Crippen LogP contribution in [0.3, 0.4) is 0 Å². The van der Waals surface area contributed by atoms with Gasteiger partial charge in [0.1, 0.15) is 16.9 Å². The van der Waals surface area contributed by atoms with E-state index in [1.165, 1.54) is 16.9 Å². The van der Waals surface area contributed by atoms with Crippen LogP contribution in [-0.4, -0.2) is 29.4 Å². The van der Waals surface area contributed by atoms with Crippen molar-refractivity contribution in [3.05, 3.63) is 52.1 Å². The SMILES string of the molecule is Cc1cc(C)n(Cc2ccc(-c3nc4c5c6c(sc5ncn4n3)C[C@H](C(C)(C)C)CC6)o2)n1. The average Bonchev–Trinajstić information content (AvgIpc) is 3.51. The Morgan fingerprint density at radius 1 is 1.18 bits per heavy atom. The van der Waals surface area contributed by atoms with Crippen molar-refractivity contribution in [2.75, 3.05) is 0 Å². The van der Waals surface area contributed by atoms with Crippen molar-refractivity contribution in [2.45, 2.75) is 60.4 Å². The van der Waals surface area contributed by atoms with Gasteiger partial charge in [-0.1, -0.05) is 20.8 Å². The Hall–Kier alpha value is -3.00. The van der Waals surface area contributed by atoms with Gasteiger partial charge in [-0.25, -0.2) is 14.5 Å². The Bertz CT molecular complexity index is 1490. The minimum Gasteiger partial charge on any atom is -0.456 e. The molecule has 0 saturated heterocycles. The number of thiophene rings is 1. The normalized spacial score (nSPS) is 16.7. The Morgan fingerprint density at radius 2 is 2.03 bits per heavy atom. The molecule has 0 unspecified atom stereocenters. The maximum atomic E-state index is 6.11. The highest BCUT2D eigenvalue weighted by atomic mass is 32.1. The number of furan rings is 1. The first-order valence-corrected chi connectivity index (χ1v) is 12.3. The first-order chi connectivity index (χ1) is 15.8. The van der Waals surface area contributed by atoms with Crippen LogP contribution in [-0.2, 0) is 19.4 Å². The van der Waals surface area contributed by atoms with Crippen molar-refractivity contribution in [3.8, 4) is 11.6 Å². The van der Waals surface area contributed by atoms with Crippen molar-refractivity contribution < 1.29 is 4.42 Å². The summed E-state index contributed by atoms with van der Waals surface area (Å²) in [5.74, 6) is 2.79. The molecule has 1 aliphatic carbocycles. The smallest absolute Gasteiger partial charge is 0.217 e. The molecule has 8 heteroatoms. The fourth-order valence-electron chi connectivity index (χ4n) is 4.98. The number of rotatable bonds is 3. The lowest BCUT2D eigenvalue weighted by molar-refractivity contribution is 0.218. The zero-order valence-electron chi connectivity index (χ0n) is 19.7. The van der Waals surface area contributed by atoms with E-state index in [2.05, 4.69) is 44.0 Å². The molecule has 1 atom stereocenters. The third-order valence-electron chi connectivity index (χ3n) is 6.90. The van der Waals surface area contributed by atoms with Gasteiger partial charge in [-0.05, 0) is 68.2 Å². The van der Waals surface area contributed by atoms with Gasteiger partial charge in [-0.3, -0.25) is 4.68 Å². The highest BCUT2D eigenvalue weighted by molar-refractivity contribution is 7.19. The molecule has 0 aliphatic heterocycles. The summed E-state index contributed by atoms with van der Waals surface area (Å²) in [5, 5.41) is 10.4. The van der Waals surface area contributed by atoms with Gasteiger partial charge in [-0.15, -0.1) is 16.4 Å². The third-order valence-corrected chi connectivity index (χ3v) is 8.06. The lowest BCUT2D eigenvalue weighted by Gasteiger charge is -2.33. The third kappa shape index (κ3) is 3.47. The van der Waals surface area contributed by atoms with Gasteiger partial charge in [0.15, 0.2) is 11.4 Å². The van der Waals surface area contributed by atoms with Crippen LogP contribution in [0.1, 0.15) is 54.8 Å². The summed E-state index contributed by atoms with van der Waals surface area (Å²) < 4.78 is 9.85. The Balaban J connectivity index is 1.36. The molecule has 0 fully saturated rings. The number of aromatic nitrogens is 6. The van der Waals surface area contributed by atoms with E-state index in [1.54, 1.807) is 10.8 Å². The van der Waals surface area contributed by atoms with Crippen LogP contribution < -0.4 is 0 Å². The van der Waals surface area contributed by atoms with Crippen LogP contribution in [0, 0.1) is 25.2 Å². The van der Waals surface area contributed by atoms with Crippen LogP contribution >= 0.6 is 11.3 Å². The van der Waals surface area contributed by atoms with E-state index in [0.29, 0.717) is 29.5 Å². The molecule has 0 N–H and O–H groups in total. The summed E-state index contributed by atoms with van der Waals surface area (Å²) in [5.41, 5.74) is 4.73. The van der Waals surface area contributed by atoms with Crippen LogP contribution in [0.4, 0.5) is 0 Å². The van der Waals surface area contributed by atoms with Crippen LogP contribution in [0.15, 0.2) is 28.9 Å². The minimum atomic E-state index is 0.322. The molecule has 0 aromatic carbocycles. The largest absolute Gasteiger partial charge is 0.456 e. The molecule has 5 heterocycles. The number of hydrogen-bond acceptors (Lipinski definition) is 6. The van der Waals surface area contributed by atoms with E-state index in [0.717, 1.165) is 45.9 Å². The van der Waals surface area contributed by atoms with E-state index in [1.807, 2.05) is 35.1 Å². The molecule has 5 aromatic heterocycles. The second-order valence-corrected chi connectivity index (χ2v) is 11.4. The number of nitrogens with zero attached hydrogens (tertiary/aromatic N) is 6. The summed E-state index contributed by atoms with van der Waals surface area (Å²) in [4.78, 5) is 12.1. The number of hydrogen-bond donors (Lipinski definition) is 0. The highest BCUT2D eigenvalue weighted by Gasteiger charge is 2.32. The fourth-order valence-corrected chi connectivity index (χ4v) is 6.25. The summed E-state index contributed by atoms with van der Waals surface area (Å²) in [6.45, 7) is 11.7. The highest BCUT2D eigenvalue weighted by Crippen LogP contribution is 2.43. The Labute approximate surface area is 196 Å². The summed E-state index contributed by atoms with van der Waals surface area (Å²) in [6, 6.07) is 5.98. The molecule has 170 valence electrons. The monoisotopic (exact) mass is 460 g/mol. The molecule has 7 nitrogen and oxygen atoms in total. The van der Waals surface area contributed by atoms with Crippen molar-refractivity contribution >= 4 is 27.2 Å². The molecule has 0 spiro atoms. The van der Waals surface area contributed by atoms with Gasteiger partial charge in [-0.2, -0.15) is 5.10 Å². The molecule has 5 aromatic rings. The van der Waals surface area contributed by atoms with Crippen LogP contribution in [0.5, 0.6) is 0 Å². The van der Waals surface area contributed by atoms with Gasteiger partial charge in [0.2, 0.25) is 5.82 Å². The van der Waals surface area contributed by atoms with Gasteiger partial charge in [0, 0.05) is 10.6 Å². The van der Waals surface area contributed by atoms with E-state index < -0.39 is 0 Å². The van der Waals surface area contributed by atoms with Crippen molar-refractivity contribution in [2.24, 2.45) is 11.3 Å². The molecule has 0 amide bonds. The minimum absolute atomic E-state index is 0.322. The van der Waals surface area contributed by atoms with E-state index in [4.69, 9.17) is 14.4 Å². The van der Waals surface area contributed by atoms with Crippen LogP contribution in [0.25, 0.3) is 27.4 Å². The maximum absolute atomic E-state index is 6.11. The summed E-state index contributed by atoms with van der Waals surface area (Å²) >= 11 is 1.82. The lowest BCUT2D eigenvalue weighted by Crippen LogP contribution is -2.26. The zero-order chi connectivity index (χ0) is 22.9. The topological polar surface area (TPSA) is 74.0 Å². The van der Waals surface area contributed by atoms with Crippen molar-refractivity contribution in [1.82, 2.24) is 29.4 Å². The molecule has 0 saturated carbocycles. The Morgan fingerprint density at radius 3 is 2.79 bits per heavy atom. The van der Waals surface area contributed by atoms with Crippen LogP contribution in [0.2, 0.25) is 0 Å². The predicted molar refractivity (Wildman–Crippen MR) is 130 cm³/mol. The molecule has 0 radical (unpaired) electrons. The average molecular weight is 461 g/mol. The molecular formula is C25H28N6OS. The second-order valence-electron chi connectivity index (χ2n) is 10.3. The van der Waals surface area contributed by atoms with Crippen molar-refractivity contribution in [3.63, 3.8) is 0 Å². The van der Waals surface area contributed by atoms with Gasteiger partial charge in [0.25, 0.3) is 0 Å². The number of fused-ring (bicyclic) bond motifs is 5. The first-order valence-electron chi connectivity index (χ1n) is 11.5. The first kappa shape index (κ1) is 20.6. The number of aryl methyl sites for hydroxylation is 3. The molecule has 6 rings (SSSR count). The lowest BCUT2D eigenvalue weighted by atomic mass is 9.72. The Kier molecular flexibility index (Phi) is 4.52. The maximum Gasteiger partial charge on any atom is 0.217 e. The van der Waals surface area contributed by atoms with Gasteiger partial charge < -0.3 is 4.42 Å². The summed E-state index contributed by atoms with van der Waals surface area (Å²) in [7, 11) is 0. The molecular weight excluding hydrogens is 432 g/mol. The quantitative estimate of drug-likeness (QED) is 0.350. The molecule has 33 heavy (non-hydrogen) atoms. The summed E-state index contributed by atoms with van der Waals surface area (Å²) in [6.07, 6.45) is 5.19. The van der Waals surface area contributed by atoms with Gasteiger partial charge >= 0.3 is 0 Å². The standard InChI is InChI=1S/C25H28N6OS/c1-14-10-15(2)30(28-14)12-17-7-9-19(32-17)22-27-23-21-18-8-6-16(25(3,4)5)11-20(18)33-24(21)26-13-31(23)29-22/h7,9-10,13,16H,6,8,11-12H2,1-5H3/t16-/m1/s1. The molecule has 1 aliphatic rings. The molecule has 0 bridgehead atoms. The van der Waals surface area contributed by atoms with E-state index in [-0.39, 0.29) is 0 Å². The van der Waals surface area contributed by atoms with E-state index in [9.17, 15) is 0 Å². The fraction of sp³-hybridized carbons (Fsp3) is 0.440.